The number of hydrogen-bond donors (Lipinski definition) is 2. The summed E-state index contributed by atoms with van der Waals surface area (Å²) in [6, 6.07) is 0. The molecular formula is C8H13N3. The van der Waals surface area contributed by atoms with E-state index in [2.05, 4.69) is 22.1 Å². The first kappa shape index (κ1) is 8.01. The highest BCUT2D eigenvalue weighted by Crippen LogP contribution is 2.00. The molecule has 0 saturated carbocycles. The third-order valence-electron chi connectivity index (χ3n) is 1.54. The van der Waals surface area contributed by atoms with E-state index < -0.39 is 0 Å². The van der Waals surface area contributed by atoms with Crippen molar-refractivity contribution in [3.63, 3.8) is 0 Å². The van der Waals surface area contributed by atoms with Crippen LogP contribution in [0.2, 0.25) is 0 Å². The molecule has 60 valence electrons. The maximum Gasteiger partial charge on any atom is 0.0535 e. The van der Waals surface area contributed by atoms with Gasteiger partial charge in [-0.05, 0) is 6.92 Å². The van der Waals surface area contributed by atoms with Crippen LogP contribution in [0.4, 0.5) is 0 Å². The van der Waals surface area contributed by atoms with Gasteiger partial charge in [0.2, 0.25) is 0 Å². The highest BCUT2D eigenvalue weighted by atomic mass is 15.1. The molecule has 0 amide bonds. The van der Waals surface area contributed by atoms with Crippen molar-refractivity contribution in [3.8, 4) is 0 Å². The molecule has 1 heterocycles. The summed E-state index contributed by atoms with van der Waals surface area (Å²) in [6.07, 6.45) is 3.68. The number of hydrogen-bond acceptors (Lipinski definition) is 2. The van der Waals surface area contributed by atoms with Crippen molar-refractivity contribution >= 4 is 0 Å². The number of nitrogens with zero attached hydrogens (tertiary/aromatic N) is 1. The second kappa shape index (κ2) is 3.93. The number of aromatic nitrogens is 2. The number of aromatic amines is 1. The van der Waals surface area contributed by atoms with Crippen LogP contribution in [-0.2, 0) is 6.54 Å². The Bertz CT molecular complexity index is 227. The zero-order chi connectivity index (χ0) is 8.10. The first-order valence-electron chi connectivity index (χ1n) is 3.65. The highest BCUT2D eigenvalue weighted by Gasteiger charge is 1.96. The van der Waals surface area contributed by atoms with Gasteiger partial charge in [0.15, 0.2) is 0 Å². The Kier molecular flexibility index (Phi) is 2.86. The molecule has 0 unspecified atom stereocenters. The van der Waals surface area contributed by atoms with Gasteiger partial charge in [0.1, 0.15) is 0 Å². The van der Waals surface area contributed by atoms with E-state index in [1.165, 1.54) is 5.56 Å². The van der Waals surface area contributed by atoms with Crippen LogP contribution in [0.15, 0.2) is 18.9 Å². The van der Waals surface area contributed by atoms with E-state index in [1.807, 2.05) is 19.2 Å². The first-order valence-corrected chi connectivity index (χ1v) is 3.65. The van der Waals surface area contributed by atoms with E-state index in [4.69, 9.17) is 0 Å². The molecule has 0 radical (unpaired) electrons. The molecule has 0 fully saturated rings. The van der Waals surface area contributed by atoms with Crippen molar-refractivity contribution in [2.45, 2.75) is 13.5 Å². The molecule has 1 rings (SSSR count). The Balaban J connectivity index is 2.38. The minimum atomic E-state index is 0.838. The number of H-pyrrole nitrogens is 1. The summed E-state index contributed by atoms with van der Waals surface area (Å²) in [4.78, 5) is 0. The summed E-state index contributed by atoms with van der Waals surface area (Å²) in [5, 5.41) is 9.99. The average molecular weight is 151 g/mol. The van der Waals surface area contributed by atoms with Gasteiger partial charge in [-0.3, -0.25) is 5.10 Å². The zero-order valence-electron chi connectivity index (χ0n) is 6.72. The van der Waals surface area contributed by atoms with Crippen LogP contribution in [0.3, 0.4) is 0 Å². The van der Waals surface area contributed by atoms with Gasteiger partial charge in [0.05, 0.1) is 6.20 Å². The molecule has 0 aliphatic carbocycles. The normalized spacial score (nSPS) is 9.91. The van der Waals surface area contributed by atoms with E-state index in [0.29, 0.717) is 0 Å². The standard InChI is InChI=1S/C8H13N3/c1-3-4-9-5-8-6-10-11-7(8)2/h3,6,9H,1,4-5H2,2H3,(H,10,11). The summed E-state index contributed by atoms with van der Waals surface area (Å²) in [5.41, 5.74) is 2.34. The molecule has 0 saturated heterocycles. The molecular weight excluding hydrogens is 138 g/mol. The van der Waals surface area contributed by atoms with Gasteiger partial charge < -0.3 is 5.32 Å². The van der Waals surface area contributed by atoms with Crippen LogP contribution < -0.4 is 5.32 Å². The number of nitrogens with one attached hydrogen (secondary N) is 2. The molecule has 1 aromatic heterocycles. The molecule has 1 aromatic rings. The van der Waals surface area contributed by atoms with Crippen LogP contribution in [0.1, 0.15) is 11.3 Å². The molecule has 0 bridgehead atoms. The summed E-state index contributed by atoms with van der Waals surface area (Å²) >= 11 is 0. The molecule has 3 heteroatoms. The SMILES string of the molecule is C=CCNCc1cn[nH]c1C. The van der Waals surface area contributed by atoms with Crippen LogP contribution in [-0.4, -0.2) is 16.7 Å². The fraction of sp³-hybridized carbons (Fsp3) is 0.375. The summed E-state index contributed by atoms with van der Waals surface area (Å²) < 4.78 is 0. The Hall–Kier alpha value is -1.09. The average Bonchev–Trinajstić information content (AvgIpc) is 2.37. The van der Waals surface area contributed by atoms with Crippen LogP contribution in [0.5, 0.6) is 0 Å². The Morgan fingerprint density at radius 2 is 2.64 bits per heavy atom. The van der Waals surface area contributed by atoms with Gasteiger partial charge in [-0.15, -0.1) is 6.58 Å². The largest absolute Gasteiger partial charge is 0.309 e. The van der Waals surface area contributed by atoms with Crippen molar-refractivity contribution in [2.75, 3.05) is 6.54 Å². The molecule has 0 atom stereocenters. The van der Waals surface area contributed by atoms with Gasteiger partial charge in [0, 0.05) is 24.3 Å². The number of rotatable bonds is 4. The summed E-state index contributed by atoms with van der Waals surface area (Å²) in [5.74, 6) is 0. The van der Waals surface area contributed by atoms with E-state index in [9.17, 15) is 0 Å². The van der Waals surface area contributed by atoms with Gasteiger partial charge in [-0.2, -0.15) is 5.10 Å². The van der Waals surface area contributed by atoms with E-state index >= 15 is 0 Å². The van der Waals surface area contributed by atoms with E-state index in [-0.39, 0.29) is 0 Å². The summed E-state index contributed by atoms with van der Waals surface area (Å²) in [7, 11) is 0. The molecule has 3 nitrogen and oxygen atoms in total. The molecule has 11 heavy (non-hydrogen) atoms. The third kappa shape index (κ3) is 2.20. The first-order chi connectivity index (χ1) is 5.34. The topological polar surface area (TPSA) is 40.7 Å². The maximum atomic E-state index is 3.91. The second-order valence-electron chi connectivity index (χ2n) is 2.44. The molecule has 2 N–H and O–H groups in total. The van der Waals surface area contributed by atoms with Crippen molar-refractivity contribution < 1.29 is 0 Å². The predicted octanol–water partition coefficient (Wildman–Crippen LogP) is 0.994. The fourth-order valence-electron chi connectivity index (χ4n) is 0.863. The Labute approximate surface area is 66.5 Å². The quantitative estimate of drug-likeness (QED) is 0.497. The smallest absolute Gasteiger partial charge is 0.0535 e. The van der Waals surface area contributed by atoms with Crippen LogP contribution >= 0.6 is 0 Å². The molecule has 0 aliphatic heterocycles. The number of aryl methyl sites for hydroxylation is 1. The Morgan fingerprint density at radius 3 is 3.18 bits per heavy atom. The van der Waals surface area contributed by atoms with Gasteiger partial charge in [0.25, 0.3) is 0 Å². The lowest BCUT2D eigenvalue weighted by Crippen LogP contribution is -2.12. The van der Waals surface area contributed by atoms with Gasteiger partial charge >= 0.3 is 0 Å². The summed E-state index contributed by atoms with van der Waals surface area (Å²) in [6.45, 7) is 7.32. The maximum absolute atomic E-state index is 3.91. The van der Waals surface area contributed by atoms with Crippen molar-refractivity contribution in [1.29, 1.82) is 0 Å². The predicted molar refractivity (Wildman–Crippen MR) is 45.2 cm³/mol. The van der Waals surface area contributed by atoms with E-state index in [0.717, 1.165) is 18.8 Å². The van der Waals surface area contributed by atoms with Crippen molar-refractivity contribution in [3.05, 3.63) is 30.1 Å². The highest BCUT2D eigenvalue weighted by molar-refractivity contribution is 5.13. The monoisotopic (exact) mass is 151 g/mol. The van der Waals surface area contributed by atoms with Crippen molar-refractivity contribution in [2.24, 2.45) is 0 Å². The lowest BCUT2D eigenvalue weighted by molar-refractivity contribution is 0.757. The lowest BCUT2D eigenvalue weighted by Gasteiger charge is -1.98. The van der Waals surface area contributed by atoms with Gasteiger partial charge in [-0.1, -0.05) is 6.08 Å². The third-order valence-corrected chi connectivity index (χ3v) is 1.54. The molecule has 0 aromatic carbocycles. The fourth-order valence-corrected chi connectivity index (χ4v) is 0.863. The van der Waals surface area contributed by atoms with Crippen molar-refractivity contribution in [1.82, 2.24) is 15.5 Å². The zero-order valence-corrected chi connectivity index (χ0v) is 6.72. The molecule has 0 spiro atoms. The van der Waals surface area contributed by atoms with Crippen LogP contribution in [0, 0.1) is 6.92 Å². The van der Waals surface area contributed by atoms with Gasteiger partial charge in [-0.25, -0.2) is 0 Å². The second-order valence-corrected chi connectivity index (χ2v) is 2.44. The molecule has 0 aliphatic rings. The minimum absolute atomic E-state index is 0.838. The van der Waals surface area contributed by atoms with Crippen LogP contribution in [0.25, 0.3) is 0 Å². The lowest BCUT2D eigenvalue weighted by atomic mass is 10.3. The van der Waals surface area contributed by atoms with E-state index in [1.54, 1.807) is 0 Å². The minimum Gasteiger partial charge on any atom is -0.309 e. The Morgan fingerprint density at radius 1 is 1.82 bits per heavy atom.